The molecule has 0 radical (unpaired) electrons. The third kappa shape index (κ3) is 5.70. The maximum Gasteiger partial charge on any atom is 0.313 e. The normalized spacial score (nSPS) is 14.6. The highest BCUT2D eigenvalue weighted by Gasteiger charge is 2.18. The summed E-state index contributed by atoms with van der Waals surface area (Å²) >= 11 is 5.87. The second-order valence-electron chi connectivity index (χ2n) is 6.38. The van der Waals surface area contributed by atoms with Crippen molar-refractivity contribution < 1.29 is 9.59 Å². The molecule has 6 nitrogen and oxygen atoms in total. The van der Waals surface area contributed by atoms with Gasteiger partial charge in [-0.15, -0.1) is 0 Å². The molecule has 1 fully saturated rings. The largest absolute Gasteiger partial charge is 0.369 e. The van der Waals surface area contributed by atoms with Gasteiger partial charge in [0.05, 0.1) is 0 Å². The average Bonchev–Trinajstić information content (AvgIpc) is 2.69. The number of nitrogens with zero attached hydrogens (tertiary/aromatic N) is 2. The number of carbonyl (C=O) groups is 2. The van der Waals surface area contributed by atoms with Crippen LogP contribution in [0.3, 0.4) is 0 Å². The standard InChI is InChI=1S/C20H23ClN4O2/c21-16-5-4-6-17(15-16)23-20(27)19(26)22-9-10-24-11-13-25(14-12-24)18-7-2-1-3-8-18/h1-8,15H,9-14H2,(H,22,26)(H,23,27). The minimum atomic E-state index is -0.689. The van der Waals surface area contributed by atoms with Crippen molar-refractivity contribution in [1.29, 1.82) is 0 Å². The van der Waals surface area contributed by atoms with Crippen LogP contribution in [0.15, 0.2) is 54.6 Å². The van der Waals surface area contributed by atoms with Crippen LogP contribution in [-0.2, 0) is 9.59 Å². The van der Waals surface area contributed by atoms with Crippen LogP contribution in [0, 0.1) is 0 Å². The van der Waals surface area contributed by atoms with E-state index in [4.69, 9.17) is 11.6 Å². The molecule has 3 rings (SSSR count). The molecule has 1 saturated heterocycles. The summed E-state index contributed by atoms with van der Waals surface area (Å²) < 4.78 is 0. The lowest BCUT2D eigenvalue weighted by Gasteiger charge is -2.36. The number of benzene rings is 2. The Labute approximate surface area is 164 Å². The number of hydrogen-bond acceptors (Lipinski definition) is 4. The Morgan fingerprint density at radius 1 is 0.926 bits per heavy atom. The number of piperazine rings is 1. The molecule has 1 aliphatic rings. The summed E-state index contributed by atoms with van der Waals surface area (Å²) in [7, 11) is 0. The first kappa shape index (κ1) is 19.2. The number of nitrogens with one attached hydrogen (secondary N) is 2. The van der Waals surface area contributed by atoms with Gasteiger partial charge in [-0.1, -0.05) is 35.9 Å². The summed E-state index contributed by atoms with van der Waals surface area (Å²) in [5.41, 5.74) is 1.74. The molecule has 0 aromatic heterocycles. The Bertz CT molecular complexity index is 777. The molecule has 0 saturated carbocycles. The zero-order valence-corrected chi connectivity index (χ0v) is 15.8. The Morgan fingerprint density at radius 2 is 1.67 bits per heavy atom. The molecule has 142 valence electrons. The van der Waals surface area contributed by atoms with E-state index in [0.717, 1.165) is 32.7 Å². The predicted octanol–water partition coefficient (Wildman–Crippen LogP) is 2.22. The van der Waals surface area contributed by atoms with E-state index in [9.17, 15) is 9.59 Å². The number of carbonyl (C=O) groups excluding carboxylic acids is 2. The lowest BCUT2D eigenvalue weighted by molar-refractivity contribution is -0.136. The van der Waals surface area contributed by atoms with Crippen LogP contribution in [0.25, 0.3) is 0 Å². The molecule has 1 aliphatic heterocycles. The fourth-order valence-electron chi connectivity index (χ4n) is 3.03. The molecule has 2 aromatic rings. The smallest absolute Gasteiger partial charge is 0.313 e. The SMILES string of the molecule is O=C(NCCN1CCN(c2ccccc2)CC1)C(=O)Nc1cccc(Cl)c1. The number of anilines is 2. The summed E-state index contributed by atoms with van der Waals surface area (Å²) in [6, 6.07) is 17.0. The molecule has 0 bridgehead atoms. The van der Waals surface area contributed by atoms with Gasteiger partial charge < -0.3 is 15.5 Å². The van der Waals surface area contributed by atoms with Crippen LogP contribution in [0.2, 0.25) is 5.02 Å². The van der Waals surface area contributed by atoms with Crippen LogP contribution in [-0.4, -0.2) is 56.0 Å². The molecule has 2 N–H and O–H groups in total. The zero-order valence-electron chi connectivity index (χ0n) is 15.0. The average molecular weight is 387 g/mol. The first-order valence-corrected chi connectivity index (χ1v) is 9.37. The maximum atomic E-state index is 11.9. The first-order valence-electron chi connectivity index (χ1n) is 8.99. The van der Waals surface area contributed by atoms with Gasteiger partial charge in [0.2, 0.25) is 0 Å². The highest BCUT2D eigenvalue weighted by Crippen LogP contribution is 2.15. The van der Waals surface area contributed by atoms with E-state index in [2.05, 4.69) is 32.6 Å². The van der Waals surface area contributed by atoms with Crippen molar-refractivity contribution in [3.05, 3.63) is 59.6 Å². The number of halogens is 1. The highest BCUT2D eigenvalue weighted by atomic mass is 35.5. The Kier molecular flexibility index (Phi) is 6.68. The van der Waals surface area contributed by atoms with Crippen LogP contribution in [0.1, 0.15) is 0 Å². The van der Waals surface area contributed by atoms with Gasteiger partial charge in [0.25, 0.3) is 0 Å². The van der Waals surface area contributed by atoms with Crippen molar-refractivity contribution in [2.45, 2.75) is 0 Å². The van der Waals surface area contributed by atoms with Crippen molar-refractivity contribution in [2.24, 2.45) is 0 Å². The minimum absolute atomic E-state index is 0.438. The molecule has 1 heterocycles. The van der Waals surface area contributed by atoms with E-state index in [-0.39, 0.29) is 0 Å². The van der Waals surface area contributed by atoms with E-state index in [1.807, 2.05) is 18.2 Å². The van der Waals surface area contributed by atoms with Gasteiger partial charge in [-0.25, -0.2) is 0 Å². The summed E-state index contributed by atoms with van der Waals surface area (Å²) in [6.45, 7) is 4.92. The lowest BCUT2D eigenvalue weighted by atomic mass is 10.2. The molecular formula is C20H23ClN4O2. The van der Waals surface area contributed by atoms with Crippen molar-refractivity contribution in [2.75, 3.05) is 49.5 Å². The Morgan fingerprint density at radius 3 is 2.37 bits per heavy atom. The van der Waals surface area contributed by atoms with Gasteiger partial charge >= 0.3 is 11.8 Å². The van der Waals surface area contributed by atoms with E-state index in [1.165, 1.54) is 5.69 Å². The lowest BCUT2D eigenvalue weighted by Crippen LogP contribution is -2.49. The van der Waals surface area contributed by atoms with Crippen molar-refractivity contribution in [3.8, 4) is 0 Å². The van der Waals surface area contributed by atoms with Crippen molar-refractivity contribution in [3.63, 3.8) is 0 Å². The van der Waals surface area contributed by atoms with Gasteiger partial charge in [0.15, 0.2) is 0 Å². The topological polar surface area (TPSA) is 64.7 Å². The molecule has 7 heteroatoms. The van der Waals surface area contributed by atoms with Crippen LogP contribution < -0.4 is 15.5 Å². The molecule has 0 aliphatic carbocycles. The fraction of sp³-hybridized carbons (Fsp3) is 0.300. The summed E-state index contributed by atoms with van der Waals surface area (Å²) in [4.78, 5) is 28.5. The number of para-hydroxylation sites is 1. The number of amides is 2. The molecule has 2 amide bonds. The number of hydrogen-bond donors (Lipinski definition) is 2. The zero-order chi connectivity index (χ0) is 19.1. The molecule has 27 heavy (non-hydrogen) atoms. The minimum Gasteiger partial charge on any atom is -0.369 e. The van der Waals surface area contributed by atoms with E-state index in [0.29, 0.717) is 17.3 Å². The summed E-state index contributed by atoms with van der Waals surface area (Å²) in [5.74, 6) is -1.33. The van der Waals surface area contributed by atoms with Crippen LogP contribution in [0.5, 0.6) is 0 Å². The van der Waals surface area contributed by atoms with E-state index in [1.54, 1.807) is 24.3 Å². The van der Waals surface area contributed by atoms with Gasteiger partial charge in [-0.2, -0.15) is 0 Å². The monoisotopic (exact) mass is 386 g/mol. The molecule has 2 aromatic carbocycles. The Balaban J connectivity index is 1.36. The highest BCUT2D eigenvalue weighted by molar-refractivity contribution is 6.39. The second-order valence-corrected chi connectivity index (χ2v) is 6.82. The predicted molar refractivity (Wildman–Crippen MR) is 108 cm³/mol. The van der Waals surface area contributed by atoms with E-state index < -0.39 is 11.8 Å². The summed E-state index contributed by atoms with van der Waals surface area (Å²) in [6.07, 6.45) is 0. The molecule has 0 spiro atoms. The first-order chi connectivity index (χ1) is 13.1. The van der Waals surface area contributed by atoms with Crippen LogP contribution in [0.4, 0.5) is 11.4 Å². The molecule has 0 unspecified atom stereocenters. The fourth-order valence-corrected chi connectivity index (χ4v) is 3.22. The van der Waals surface area contributed by atoms with Gasteiger partial charge in [0, 0.05) is 55.7 Å². The van der Waals surface area contributed by atoms with Crippen LogP contribution >= 0.6 is 11.6 Å². The van der Waals surface area contributed by atoms with Gasteiger partial charge in [0.1, 0.15) is 0 Å². The number of rotatable bonds is 5. The quantitative estimate of drug-likeness (QED) is 0.773. The van der Waals surface area contributed by atoms with Gasteiger partial charge in [-0.05, 0) is 30.3 Å². The van der Waals surface area contributed by atoms with Crippen molar-refractivity contribution >= 4 is 34.8 Å². The third-order valence-corrected chi connectivity index (χ3v) is 4.73. The third-order valence-electron chi connectivity index (χ3n) is 4.50. The molecule has 0 atom stereocenters. The summed E-state index contributed by atoms with van der Waals surface area (Å²) in [5, 5.41) is 5.71. The Hall–Kier alpha value is -2.57. The van der Waals surface area contributed by atoms with E-state index >= 15 is 0 Å². The van der Waals surface area contributed by atoms with Gasteiger partial charge in [-0.3, -0.25) is 14.5 Å². The maximum absolute atomic E-state index is 11.9. The molecular weight excluding hydrogens is 364 g/mol. The van der Waals surface area contributed by atoms with Crippen molar-refractivity contribution in [1.82, 2.24) is 10.2 Å². The second kappa shape index (κ2) is 9.39.